The van der Waals surface area contributed by atoms with E-state index in [1.165, 1.54) is 32.4 Å². The van der Waals surface area contributed by atoms with Gasteiger partial charge in [0, 0.05) is 6.08 Å². The molecule has 1 aromatic carbocycles. The molecule has 0 bridgehead atoms. The van der Waals surface area contributed by atoms with Crippen LogP contribution < -0.4 is 4.74 Å². The van der Waals surface area contributed by atoms with Crippen LogP contribution in [0.25, 0.3) is 6.08 Å². The number of nitrogens with zero attached hydrogens (tertiary/aromatic N) is 1. The van der Waals surface area contributed by atoms with Gasteiger partial charge in [-0.2, -0.15) is 0 Å². The fourth-order valence-corrected chi connectivity index (χ4v) is 1.18. The summed E-state index contributed by atoms with van der Waals surface area (Å²) in [4.78, 5) is 21.1. The van der Waals surface area contributed by atoms with Crippen molar-refractivity contribution < 1.29 is 19.2 Å². The van der Waals surface area contributed by atoms with Crippen molar-refractivity contribution in [2.24, 2.45) is 0 Å². The third kappa shape index (κ3) is 3.30. The molecule has 90 valence electrons. The van der Waals surface area contributed by atoms with Crippen LogP contribution >= 0.6 is 0 Å². The summed E-state index contributed by atoms with van der Waals surface area (Å²) < 4.78 is 9.28. The van der Waals surface area contributed by atoms with Crippen molar-refractivity contribution in [3.05, 3.63) is 40.0 Å². The molecule has 0 saturated carbocycles. The molecule has 6 nitrogen and oxygen atoms in total. The number of benzene rings is 1. The van der Waals surface area contributed by atoms with E-state index in [2.05, 4.69) is 4.74 Å². The van der Waals surface area contributed by atoms with Gasteiger partial charge in [0.1, 0.15) is 5.75 Å². The lowest BCUT2D eigenvalue weighted by molar-refractivity contribution is -0.385. The first-order valence-corrected chi connectivity index (χ1v) is 4.67. The highest BCUT2D eigenvalue weighted by Crippen LogP contribution is 2.25. The Bertz CT molecular complexity index is 467. The zero-order valence-corrected chi connectivity index (χ0v) is 9.38. The molecular weight excluding hydrogens is 226 g/mol. The molecule has 0 atom stereocenters. The van der Waals surface area contributed by atoms with E-state index < -0.39 is 10.9 Å². The molecule has 0 fully saturated rings. The third-order valence-electron chi connectivity index (χ3n) is 2.03. The number of methoxy groups -OCH3 is 2. The number of esters is 1. The van der Waals surface area contributed by atoms with Gasteiger partial charge in [-0.1, -0.05) is 0 Å². The minimum Gasteiger partial charge on any atom is -0.497 e. The van der Waals surface area contributed by atoms with Gasteiger partial charge in [0.05, 0.1) is 30.8 Å². The molecule has 0 aliphatic heterocycles. The van der Waals surface area contributed by atoms with Crippen molar-refractivity contribution in [2.45, 2.75) is 0 Å². The van der Waals surface area contributed by atoms with Gasteiger partial charge in [-0.15, -0.1) is 0 Å². The highest BCUT2D eigenvalue weighted by Gasteiger charge is 2.13. The largest absolute Gasteiger partial charge is 0.497 e. The first-order valence-electron chi connectivity index (χ1n) is 4.67. The first kappa shape index (κ1) is 12.7. The maximum Gasteiger partial charge on any atom is 0.330 e. The number of carbonyl (C=O) groups excluding carboxylic acids is 1. The fourth-order valence-electron chi connectivity index (χ4n) is 1.18. The molecular formula is C11H11NO5. The summed E-state index contributed by atoms with van der Waals surface area (Å²) >= 11 is 0. The second kappa shape index (κ2) is 5.64. The number of ether oxygens (including phenoxy) is 2. The van der Waals surface area contributed by atoms with E-state index in [0.29, 0.717) is 11.3 Å². The Kier molecular flexibility index (Phi) is 4.21. The van der Waals surface area contributed by atoms with Crippen LogP contribution in [0, 0.1) is 10.1 Å². The summed E-state index contributed by atoms with van der Waals surface area (Å²) in [6.45, 7) is 0. The van der Waals surface area contributed by atoms with E-state index in [4.69, 9.17) is 4.74 Å². The molecule has 0 aromatic heterocycles. The van der Waals surface area contributed by atoms with Gasteiger partial charge < -0.3 is 9.47 Å². The summed E-state index contributed by atoms with van der Waals surface area (Å²) in [6.07, 6.45) is 2.44. The Morgan fingerprint density at radius 2 is 2.12 bits per heavy atom. The lowest BCUT2D eigenvalue weighted by Crippen LogP contribution is -1.96. The summed E-state index contributed by atoms with van der Waals surface area (Å²) in [5.74, 6) is -0.193. The Morgan fingerprint density at radius 3 is 2.65 bits per heavy atom. The molecule has 0 radical (unpaired) electrons. The average Bonchev–Trinajstić information content (AvgIpc) is 2.35. The molecule has 0 unspecified atom stereocenters. The van der Waals surface area contributed by atoms with Gasteiger partial charge in [0.2, 0.25) is 0 Å². The van der Waals surface area contributed by atoms with Crippen molar-refractivity contribution >= 4 is 17.7 Å². The lowest BCUT2D eigenvalue weighted by atomic mass is 10.1. The molecule has 0 saturated heterocycles. The minimum absolute atomic E-state index is 0.135. The van der Waals surface area contributed by atoms with Crippen LogP contribution in [0.5, 0.6) is 5.75 Å². The van der Waals surface area contributed by atoms with Crippen LogP contribution in [0.2, 0.25) is 0 Å². The maximum absolute atomic E-state index is 10.9. The van der Waals surface area contributed by atoms with Crippen molar-refractivity contribution in [1.82, 2.24) is 0 Å². The molecule has 0 N–H and O–H groups in total. The van der Waals surface area contributed by atoms with Crippen molar-refractivity contribution in [3.8, 4) is 5.75 Å². The van der Waals surface area contributed by atoms with Crippen molar-refractivity contribution in [3.63, 3.8) is 0 Å². The van der Waals surface area contributed by atoms with Gasteiger partial charge >= 0.3 is 5.97 Å². The highest BCUT2D eigenvalue weighted by atomic mass is 16.6. The number of nitro groups is 1. The van der Waals surface area contributed by atoms with Crippen LogP contribution in [-0.2, 0) is 9.53 Å². The van der Waals surface area contributed by atoms with E-state index in [1.807, 2.05) is 0 Å². The average molecular weight is 237 g/mol. The molecule has 0 aliphatic carbocycles. The maximum atomic E-state index is 10.9. The molecule has 0 aliphatic rings. The van der Waals surface area contributed by atoms with Crippen molar-refractivity contribution in [2.75, 3.05) is 14.2 Å². The number of hydrogen-bond acceptors (Lipinski definition) is 5. The Morgan fingerprint density at radius 1 is 1.41 bits per heavy atom. The van der Waals surface area contributed by atoms with Gasteiger partial charge in [-0.3, -0.25) is 10.1 Å². The summed E-state index contributed by atoms with van der Waals surface area (Å²) in [7, 11) is 2.65. The van der Waals surface area contributed by atoms with Crippen LogP contribution in [0.4, 0.5) is 5.69 Å². The van der Waals surface area contributed by atoms with Gasteiger partial charge in [0.15, 0.2) is 0 Å². The van der Waals surface area contributed by atoms with E-state index >= 15 is 0 Å². The predicted molar refractivity (Wildman–Crippen MR) is 60.7 cm³/mol. The molecule has 1 rings (SSSR count). The van der Waals surface area contributed by atoms with Gasteiger partial charge in [-0.05, 0) is 18.2 Å². The first-order chi connectivity index (χ1) is 8.08. The quantitative estimate of drug-likeness (QED) is 0.345. The van der Waals surface area contributed by atoms with Crippen LogP contribution in [0.1, 0.15) is 5.56 Å². The molecule has 6 heteroatoms. The van der Waals surface area contributed by atoms with Crippen LogP contribution in [-0.4, -0.2) is 25.1 Å². The molecule has 1 aromatic rings. The van der Waals surface area contributed by atoms with Crippen LogP contribution in [0.15, 0.2) is 24.3 Å². The van der Waals surface area contributed by atoms with Gasteiger partial charge in [-0.25, -0.2) is 4.79 Å². The SMILES string of the molecule is COC(=O)/C=C/c1ccc(OC)cc1[N+](=O)[O-]. The lowest BCUT2D eigenvalue weighted by Gasteiger charge is -2.01. The summed E-state index contributed by atoms with van der Waals surface area (Å²) in [6, 6.07) is 4.36. The number of carbonyl (C=O) groups is 1. The molecule has 0 amide bonds. The van der Waals surface area contributed by atoms with E-state index in [9.17, 15) is 14.9 Å². The van der Waals surface area contributed by atoms with E-state index in [1.54, 1.807) is 6.07 Å². The molecule has 17 heavy (non-hydrogen) atoms. The topological polar surface area (TPSA) is 78.7 Å². The standard InChI is InChI=1S/C11H11NO5/c1-16-9-5-3-8(4-6-11(13)17-2)10(7-9)12(14)15/h3-7H,1-2H3/b6-4+. The van der Waals surface area contributed by atoms with Gasteiger partial charge in [0.25, 0.3) is 5.69 Å². The summed E-state index contributed by atoms with van der Waals surface area (Å²) in [5.41, 5.74) is 0.172. The monoisotopic (exact) mass is 237 g/mol. The fraction of sp³-hybridized carbons (Fsp3) is 0.182. The Balaban J connectivity index is 3.11. The summed E-state index contributed by atoms with van der Waals surface area (Å²) in [5, 5.41) is 10.8. The van der Waals surface area contributed by atoms with E-state index in [-0.39, 0.29) is 5.69 Å². The second-order valence-electron chi connectivity index (χ2n) is 3.04. The van der Waals surface area contributed by atoms with E-state index in [0.717, 1.165) is 6.08 Å². The van der Waals surface area contributed by atoms with Crippen LogP contribution in [0.3, 0.4) is 0 Å². The zero-order valence-electron chi connectivity index (χ0n) is 9.38. The Hall–Kier alpha value is -2.37. The third-order valence-corrected chi connectivity index (χ3v) is 2.03. The highest BCUT2D eigenvalue weighted by molar-refractivity contribution is 5.87. The zero-order chi connectivity index (χ0) is 12.8. The Labute approximate surface area is 97.6 Å². The number of hydrogen-bond donors (Lipinski definition) is 0. The smallest absolute Gasteiger partial charge is 0.330 e. The normalized spacial score (nSPS) is 10.2. The number of nitro benzene ring substituents is 1. The second-order valence-corrected chi connectivity index (χ2v) is 3.04. The predicted octanol–water partition coefficient (Wildman–Crippen LogP) is 1.79. The number of rotatable bonds is 4. The van der Waals surface area contributed by atoms with Crippen molar-refractivity contribution in [1.29, 1.82) is 0 Å². The minimum atomic E-state index is -0.574. The molecule has 0 heterocycles. The molecule has 0 spiro atoms.